The molecule has 0 bridgehead atoms. The molecule has 0 aliphatic heterocycles. The Morgan fingerprint density at radius 2 is 1.79 bits per heavy atom. The third-order valence-electron chi connectivity index (χ3n) is 1.15. The molecule has 0 fully saturated rings. The van der Waals surface area contributed by atoms with Crippen LogP contribution in [0, 0.1) is 0 Å². The van der Waals surface area contributed by atoms with Crippen LogP contribution in [0.3, 0.4) is 0 Å². The van der Waals surface area contributed by atoms with Gasteiger partial charge in [-0.25, -0.2) is 0 Å². The van der Waals surface area contributed by atoms with Crippen molar-refractivity contribution in [3.05, 3.63) is 12.8 Å². The van der Waals surface area contributed by atoms with E-state index in [1.54, 1.807) is 4.97 Å². The van der Waals surface area contributed by atoms with E-state index in [2.05, 4.69) is 26.2 Å². The van der Waals surface area contributed by atoms with Crippen LogP contribution in [0.1, 0.15) is 20.3 Å². The molecule has 1 unspecified atom stereocenters. The molecule has 110 valence electrons. The third kappa shape index (κ3) is 98.2. The van der Waals surface area contributed by atoms with Gasteiger partial charge >= 0.3 is 25.7 Å². The summed E-state index contributed by atoms with van der Waals surface area (Å²) in [6.45, 7) is 7.20. The van der Waals surface area contributed by atoms with Gasteiger partial charge in [0, 0.05) is 33.6 Å². The topological polar surface area (TPSA) is 82.9 Å². The van der Waals surface area contributed by atoms with Gasteiger partial charge in [0.25, 0.3) is 0 Å². The van der Waals surface area contributed by atoms with Gasteiger partial charge in [0.2, 0.25) is 12.8 Å². The maximum atomic E-state index is 9.89. The zero-order valence-corrected chi connectivity index (χ0v) is 14.4. The van der Waals surface area contributed by atoms with Crippen LogP contribution >= 0.6 is 9.03 Å². The van der Waals surface area contributed by atoms with E-state index < -0.39 is 0 Å². The van der Waals surface area contributed by atoms with Gasteiger partial charge in [0.1, 0.15) is 0 Å². The average molecular weight is 372 g/mol. The first-order valence-electron chi connectivity index (χ1n) is 4.49. The minimum atomic E-state index is 0. The number of carbonyl (C=O) groups excluding carboxylic acids is 2. The molecule has 6 nitrogen and oxygen atoms in total. The Morgan fingerprint density at radius 1 is 1.42 bits per heavy atom. The van der Waals surface area contributed by atoms with E-state index in [1.807, 2.05) is 17.9 Å². The number of hydrogen-bond donors (Lipinski definition) is 2. The zero-order chi connectivity index (χ0) is 15.2. The van der Waals surface area contributed by atoms with Crippen LogP contribution in [0.15, 0.2) is 21.8 Å². The van der Waals surface area contributed by atoms with E-state index in [0.29, 0.717) is 12.5 Å². The van der Waals surface area contributed by atoms with Crippen molar-refractivity contribution in [2.75, 3.05) is 0 Å². The van der Waals surface area contributed by atoms with E-state index in [0.717, 1.165) is 12.8 Å². The monoisotopic (exact) mass is 372 g/mol. The van der Waals surface area contributed by atoms with Gasteiger partial charge in [0.15, 0.2) is 0 Å². The van der Waals surface area contributed by atoms with Crippen LogP contribution in [0.2, 0.25) is 0 Å². The molecule has 1 radical (unpaired) electrons. The normalized spacial score (nSPS) is 7.53. The molecular formula is C8H17F2N4O2PV2. The summed E-state index contributed by atoms with van der Waals surface area (Å²) in [5.74, 6) is 0. The summed E-state index contributed by atoms with van der Waals surface area (Å²) >= 11 is 1.42. The third-order valence-corrected chi connectivity index (χ3v) is 1.15. The smallest absolute Gasteiger partial charge is 0 e. The van der Waals surface area contributed by atoms with E-state index in [4.69, 9.17) is 0 Å². The summed E-state index contributed by atoms with van der Waals surface area (Å²) in [5.41, 5.74) is 0. The minimum Gasteiger partial charge on any atom is 0 e. The zero-order valence-electron chi connectivity index (χ0n) is 10.6. The van der Waals surface area contributed by atoms with Gasteiger partial charge < -0.3 is 10.6 Å². The van der Waals surface area contributed by atoms with E-state index >= 15 is 0 Å². The van der Waals surface area contributed by atoms with Crippen molar-refractivity contribution in [2.45, 2.75) is 26.3 Å². The van der Waals surface area contributed by atoms with Gasteiger partial charge in [-0.3, -0.25) is 9.59 Å². The van der Waals surface area contributed by atoms with Gasteiger partial charge in [-0.1, -0.05) is 23.0 Å². The second-order valence-corrected chi connectivity index (χ2v) is 2.65. The molecule has 0 saturated heterocycles. The van der Waals surface area contributed by atoms with Crippen molar-refractivity contribution < 1.29 is 54.3 Å². The van der Waals surface area contributed by atoms with Crippen molar-refractivity contribution in [3.8, 4) is 0 Å². The van der Waals surface area contributed by atoms with Crippen molar-refractivity contribution >= 4 is 21.9 Å². The summed E-state index contributed by atoms with van der Waals surface area (Å²) < 4.78 is 21.7. The summed E-state index contributed by atoms with van der Waals surface area (Å²) in [5, 5.41) is 4.81. The number of hydrogen-bond acceptors (Lipinski definition) is 4. The SMILES string of the molecule is C=CNC=O.CCC(C)NC=O.FN=P.F[N]=[V].[V]. The second kappa shape index (κ2) is 43.2. The fraction of sp³-hybridized carbons (Fsp3) is 0.500. The van der Waals surface area contributed by atoms with E-state index in [9.17, 15) is 18.6 Å². The molecule has 0 rings (SSSR count). The predicted octanol–water partition coefficient (Wildman–Crippen LogP) is 2.20. The maximum Gasteiger partial charge on any atom is 0 e. The molecule has 19 heavy (non-hydrogen) atoms. The van der Waals surface area contributed by atoms with Crippen LogP contribution < -0.4 is 10.6 Å². The van der Waals surface area contributed by atoms with Gasteiger partial charge in [0.05, 0.1) is 0 Å². The maximum absolute atomic E-state index is 9.89. The number of amides is 2. The molecule has 0 aliphatic carbocycles. The van der Waals surface area contributed by atoms with Crippen LogP contribution in [0.5, 0.6) is 0 Å². The van der Waals surface area contributed by atoms with Crippen LogP contribution in [0.25, 0.3) is 0 Å². The Balaban J connectivity index is -0.0000000483. The standard InChI is InChI=1S/C5H11NO.C3H5NO.FHNP.FN.2V/c1-3-5(2)6-4-7;1-2-4-3-5;1-2-3;1-2;;/h4-5H,3H2,1-2H3,(H,6,7);2-3H,1H2,(H,4,5);3H;;;. The molecule has 2 N–H and O–H groups in total. The first kappa shape index (κ1) is 31.2. The molecule has 0 aromatic heterocycles. The summed E-state index contributed by atoms with van der Waals surface area (Å²) in [4.78, 5) is 20.7. The van der Waals surface area contributed by atoms with Crippen LogP contribution in [-0.2, 0) is 45.4 Å². The Morgan fingerprint density at radius 3 is 1.84 bits per heavy atom. The Hall–Kier alpha value is -0.391. The molecule has 0 heterocycles. The number of rotatable bonds is 5. The fourth-order valence-corrected chi connectivity index (χ4v) is 0.282. The molecule has 2 amide bonds. The number of carbonyl (C=O) groups is 2. The molecule has 0 aliphatic rings. The molecule has 0 aromatic carbocycles. The number of nitrogens with zero attached hydrogens (tertiary/aromatic N) is 2. The molecule has 1 atom stereocenters. The van der Waals surface area contributed by atoms with Crippen molar-refractivity contribution in [1.82, 2.24) is 10.6 Å². The van der Waals surface area contributed by atoms with Gasteiger partial charge in [-0.2, -0.15) is 0 Å². The quantitative estimate of drug-likeness (QED) is 0.573. The Kier molecular flexibility index (Phi) is 70.8. The summed E-state index contributed by atoms with van der Waals surface area (Å²) in [7, 11) is 2.14. The molecular weight excluding hydrogens is 355 g/mol. The fourth-order valence-electron chi connectivity index (χ4n) is 0.282. The minimum absolute atomic E-state index is 0. The largest absolute Gasteiger partial charge is 0 e. The molecule has 11 heteroatoms. The first-order chi connectivity index (χ1) is 8.55. The van der Waals surface area contributed by atoms with E-state index in [1.165, 1.54) is 23.4 Å². The van der Waals surface area contributed by atoms with Crippen LogP contribution in [0.4, 0.5) is 8.96 Å². The van der Waals surface area contributed by atoms with Gasteiger partial charge in [-0.15, -0.1) is 0 Å². The summed E-state index contributed by atoms with van der Waals surface area (Å²) in [6.07, 6.45) is 3.60. The van der Waals surface area contributed by atoms with Crippen molar-refractivity contribution in [2.24, 2.45) is 8.98 Å². The summed E-state index contributed by atoms with van der Waals surface area (Å²) in [6, 6.07) is 0.331. The van der Waals surface area contributed by atoms with Crippen LogP contribution in [-0.4, -0.2) is 18.9 Å². The average Bonchev–Trinajstić information content (AvgIpc) is 2.33. The van der Waals surface area contributed by atoms with Gasteiger partial charge in [-0.05, 0) is 19.5 Å². The molecule has 0 saturated carbocycles. The first-order valence-corrected chi connectivity index (χ1v) is 5.56. The second-order valence-electron chi connectivity index (χ2n) is 2.24. The van der Waals surface area contributed by atoms with Crippen molar-refractivity contribution in [3.63, 3.8) is 0 Å². The van der Waals surface area contributed by atoms with E-state index in [-0.39, 0.29) is 18.6 Å². The predicted molar refractivity (Wildman–Crippen MR) is 63.7 cm³/mol. The number of nitrogens with one attached hydrogen (secondary N) is 2. The van der Waals surface area contributed by atoms with Crippen molar-refractivity contribution in [1.29, 1.82) is 0 Å². The molecule has 0 aromatic rings. The number of halogens is 2. The Labute approximate surface area is 135 Å². The Bertz CT molecular complexity index is 205. The molecule has 0 spiro atoms.